The first kappa shape index (κ1) is 39.7. The maximum absolute atomic E-state index is 14.6. The predicted molar refractivity (Wildman–Crippen MR) is 106 cm³/mol. The molecular formula is C16H21F15N2O6S2. The molecule has 0 aliphatic heterocycles. The van der Waals surface area contributed by atoms with Gasteiger partial charge in [0.05, 0.1) is 12.4 Å². The highest BCUT2D eigenvalue weighted by Crippen LogP contribution is 2.63. The number of hydrogen-bond acceptors (Lipinski definition) is 6. The molecule has 1 atom stereocenters. The summed E-state index contributed by atoms with van der Waals surface area (Å²) in [6, 6.07) is -2.39. The molecule has 0 aromatic carbocycles. The third-order valence-corrected chi connectivity index (χ3v) is 8.05. The van der Waals surface area contributed by atoms with E-state index < -0.39 is 110 Å². The normalized spacial score (nSPS) is 16.5. The summed E-state index contributed by atoms with van der Waals surface area (Å²) in [4.78, 5) is 1.12. The van der Waals surface area contributed by atoms with Crippen LogP contribution in [0.2, 0.25) is 0 Å². The first-order valence-electron chi connectivity index (χ1n) is 10.3. The molecule has 41 heavy (non-hydrogen) atoms. The average molecular weight is 686 g/mol. The van der Waals surface area contributed by atoms with Crippen LogP contribution in [0.15, 0.2) is 0 Å². The molecule has 0 bridgehead atoms. The number of rotatable bonds is 16. The molecule has 0 aliphatic carbocycles. The van der Waals surface area contributed by atoms with Crippen LogP contribution in [0.1, 0.15) is 12.8 Å². The molecule has 1 unspecified atom stereocenters. The lowest BCUT2D eigenvalue weighted by molar-refractivity contribution is -0.447. The molecule has 8 nitrogen and oxygen atoms in total. The van der Waals surface area contributed by atoms with Crippen LogP contribution in [0.4, 0.5) is 65.9 Å². The van der Waals surface area contributed by atoms with Gasteiger partial charge in [-0.15, -0.1) is 0 Å². The first-order chi connectivity index (χ1) is 17.7. The number of alkyl halides is 15. The number of sulfonamides is 1. The van der Waals surface area contributed by atoms with Crippen molar-refractivity contribution >= 4 is 20.1 Å². The van der Waals surface area contributed by atoms with Gasteiger partial charge in [0.25, 0.3) is 20.1 Å². The molecule has 0 radical (unpaired) electrons. The van der Waals surface area contributed by atoms with E-state index in [2.05, 4.69) is 0 Å². The second kappa shape index (κ2) is 12.0. The highest BCUT2D eigenvalue weighted by molar-refractivity contribution is 7.90. The molecule has 2 N–H and O–H groups in total. The fourth-order valence-electron chi connectivity index (χ4n) is 2.90. The zero-order valence-electron chi connectivity index (χ0n) is 20.2. The van der Waals surface area contributed by atoms with Crippen LogP contribution in [-0.4, -0.2) is 122 Å². The van der Waals surface area contributed by atoms with Gasteiger partial charge in [-0.05, 0) is 33.5 Å². The maximum atomic E-state index is 14.6. The van der Waals surface area contributed by atoms with E-state index in [1.54, 1.807) is 0 Å². The summed E-state index contributed by atoms with van der Waals surface area (Å²) < 4.78 is 257. The van der Waals surface area contributed by atoms with Gasteiger partial charge in [0.15, 0.2) is 0 Å². The van der Waals surface area contributed by atoms with Crippen molar-refractivity contribution in [2.75, 3.05) is 39.5 Å². The Hall–Kier alpha value is -1.31. The van der Waals surface area contributed by atoms with Crippen molar-refractivity contribution in [3.8, 4) is 0 Å². The summed E-state index contributed by atoms with van der Waals surface area (Å²) in [5.74, 6) is -44.2. The van der Waals surface area contributed by atoms with Crippen LogP contribution in [0.5, 0.6) is 0 Å². The van der Waals surface area contributed by atoms with Crippen molar-refractivity contribution in [3.05, 3.63) is 0 Å². The molecule has 0 aromatic heterocycles. The van der Waals surface area contributed by atoms with E-state index in [1.165, 1.54) is 14.1 Å². The molecule has 0 aliphatic rings. The zero-order valence-corrected chi connectivity index (χ0v) is 21.9. The molecular weight excluding hydrogens is 665 g/mol. The Morgan fingerprint density at radius 2 is 1.05 bits per heavy atom. The van der Waals surface area contributed by atoms with Crippen molar-refractivity contribution in [1.82, 2.24) is 9.21 Å². The molecule has 0 spiro atoms. The monoisotopic (exact) mass is 686 g/mol. The lowest BCUT2D eigenvalue weighted by atomic mass is 9.94. The smallest absolute Gasteiger partial charge is 0.395 e. The van der Waals surface area contributed by atoms with Crippen LogP contribution in [0.25, 0.3) is 0 Å². The minimum Gasteiger partial charge on any atom is -0.395 e. The number of nitrogens with zero attached hydrogens (tertiary/aromatic N) is 2. The van der Waals surface area contributed by atoms with Crippen molar-refractivity contribution in [1.29, 1.82) is 0 Å². The van der Waals surface area contributed by atoms with Crippen molar-refractivity contribution in [2.45, 2.75) is 59.9 Å². The number of aliphatic hydroxyl groups excluding tert-OH is 1. The fraction of sp³-hybridized carbons (Fsp3) is 1.00. The van der Waals surface area contributed by atoms with Gasteiger partial charge in [0.1, 0.15) is 0 Å². The summed E-state index contributed by atoms with van der Waals surface area (Å²) in [6.45, 7) is -3.87. The Labute approximate surface area is 221 Å². The molecule has 0 aromatic rings. The SMILES string of the molecule is CN(C)CCC(CO)N(CCCS(=O)(=O)O)S(=O)(=O)C(F)(F)C(F)(F)C(F)(F)C(F)(F)C(F)(F)C(F)(F)C(F)(F)F. The van der Waals surface area contributed by atoms with Gasteiger partial charge in [-0.2, -0.15) is 78.6 Å². The summed E-state index contributed by atoms with van der Waals surface area (Å²) in [5, 5.41) is 1.64. The lowest BCUT2D eigenvalue weighted by Crippen LogP contribution is -2.74. The Morgan fingerprint density at radius 3 is 1.39 bits per heavy atom. The van der Waals surface area contributed by atoms with Gasteiger partial charge < -0.3 is 10.0 Å². The van der Waals surface area contributed by atoms with Gasteiger partial charge in [0, 0.05) is 12.6 Å². The summed E-state index contributed by atoms with van der Waals surface area (Å²) >= 11 is 0. The van der Waals surface area contributed by atoms with E-state index in [4.69, 9.17) is 4.55 Å². The van der Waals surface area contributed by atoms with E-state index >= 15 is 0 Å². The summed E-state index contributed by atoms with van der Waals surface area (Å²) in [7, 11) is -10.3. The van der Waals surface area contributed by atoms with E-state index in [0.717, 1.165) is 4.90 Å². The van der Waals surface area contributed by atoms with Crippen molar-refractivity contribution < 1.29 is 92.4 Å². The molecule has 0 fully saturated rings. The topological polar surface area (TPSA) is 115 Å². The minimum absolute atomic E-state index is 0.440. The molecule has 25 heteroatoms. The van der Waals surface area contributed by atoms with Crippen LogP contribution in [0, 0.1) is 0 Å². The van der Waals surface area contributed by atoms with E-state index in [0.29, 0.717) is 0 Å². The quantitative estimate of drug-likeness (QED) is 0.189. The molecule has 0 saturated carbocycles. The van der Waals surface area contributed by atoms with Crippen LogP contribution in [-0.2, 0) is 20.1 Å². The Kier molecular flexibility index (Phi) is 11.6. The van der Waals surface area contributed by atoms with Crippen molar-refractivity contribution in [3.63, 3.8) is 0 Å². The number of halogens is 15. The standard InChI is InChI=1S/C16H21F15N2O6S2/c1-32(2)6-4-9(8-34)33(5-3-7-40(35,36)37)41(38,39)16(30,31)14(25,26)12(21,22)10(17,18)11(19,20)13(23,24)15(27,28)29/h9,34H,3-8H2,1-2H3,(H,35,36,37). The van der Waals surface area contributed by atoms with Crippen LogP contribution >= 0.6 is 0 Å². The molecule has 248 valence electrons. The van der Waals surface area contributed by atoms with Gasteiger partial charge in [0.2, 0.25) is 0 Å². The molecule has 0 amide bonds. The number of hydrogen-bond donors (Lipinski definition) is 2. The van der Waals surface area contributed by atoms with Gasteiger partial charge in [-0.25, -0.2) is 8.42 Å². The van der Waals surface area contributed by atoms with E-state index in [9.17, 15) is 87.8 Å². The van der Waals surface area contributed by atoms with Gasteiger partial charge in [-0.1, -0.05) is 0 Å². The molecule has 0 saturated heterocycles. The van der Waals surface area contributed by atoms with Gasteiger partial charge >= 0.3 is 41.0 Å². The highest BCUT2D eigenvalue weighted by Gasteiger charge is 2.94. The van der Waals surface area contributed by atoms with E-state index in [1.807, 2.05) is 0 Å². The zero-order chi connectivity index (χ0) is 33.5. The Bertz CT molecular complexity index is 1110. The van der Waals surface area contributed by atoms with E-state index in [-0.39, 0.29) is 0 Å². The first-order valence-corrected chi connectivity index (χ1v) is 13.3. The van der Waals surface area contributed by atoms with Crippen LogP contribution < -0.4 is 0 Å². The second-order valence-corrected chi connectivity index (χ2v) is 12.1. The largest absolute Gasteiger partial charge is 0.460 e. The molecule has 0 heterocycles. The number of aliphatic hydroxyl groups is 1. The Morgan fingerprint density at radius 1 is 0.659 bits per heavy atom. The lowest BCUT2D eigenvalue weighted by Gasteiger charge is -2.42. The average Bonchev–Trinajstić information content (AvgIpc) is 2.75. The van der Waals surface area contributed by atoms with Gasteiger partial charge in [-0.3, -0.25) is 4.55 Å². The highest BCUT2D eigenvalue weighted by atomic mass is 32.2. The second-order valence-electron chi connectivity index (χ2n) is 8.57. The summed E-state index contributed by atoms with van der Waals surface area (Å²) in [5.41, 5.74) is 0. The van der Waals surface area contributed by atoms with Crippen LogP contribution in [0.3, 0.4) is 0 Å². The molecule has 0 rings (SSSR count). The Balaban J connectivity index is 7.10. The third kappa shape index (κ3) is 7.09. The summed E-state index contributed by atoms with van der Waals surface area (Å²) in [6.07, 6.45) is -10.1. The van der Waals surface area contributed by atoms with Crippen molar-refractivity contribution in [2.24, 2.45) is 0 Å². The third-order valence-electron chi connectivity index (χ3n) is 5.24. The maximum Gasteiger partial charge on any atom is 0.460 e. The fourth-order valence-corrected chi connectivity index (χ4v) is 5.07. The predicted octanol–water partition coefficient (Wildman–Crippen LogP) is 3.54. The minimum atomic E-state index is -8.72.